The summed E-state index contributed by atoms with van der Waals surface area (Å²) in [5.41, 5.74) is -0.780. The zero-order chi connectivity index (χ0) is 13.5. The molecular weight excluding hydrogens is 214 g/mol. The van der Waals surface area contributed by atoms with Gasteiger partial charge in [-0.3, -0.25) is 10.1 Å². The number of aliphatic carboxylic acids is 1. The van der Waals surface area contributed by atoms with Crippen molar-refractivity contribution in [3.8, 4) is 0 Å². The van der Waals surface area contributed by atoms with Crippen molar-refractivity contribution in [3.63, 3.8) is 0 Å². The lowest BCUT2D eigenvalue weighted by molar-refractivity contribution is -0.145. The lowest BCUT2D eigenvalue weighted by Crippen LogP contribution is -2.53. The molecule has 2 N–H and O–H groups in total. The number of rotatable bonds is 9. The molecule has 3 nitrogen and oxygen atoms in total. The summed E-state index contributed by atoms with van der Waals surface area (Å²) in [6.07, 6.45) is 4.98. The first kappa shape index (κ1) is 16.4. The minimum Gasteiger partial charge on any atom is -0.480 e. The van der Waals surface area contributed by atoms with E-state index in [1.54, 1.807) is 6.92 Å². The van der Waals surface area contributed by atoms with Gasteiger partial charge in [-0.15, -0.1) is 0 Å². The van der Waals surface area contributed by atoms with Gasteiger partial charge in [-0.1, -0.05) is 33.6 Å². The topological polar surface area (TPSA) is 49.3 Å². The standard InChI is InChI=1S/C14H29NO2/c1-6-7-8-12(4)15-14(5,13(16)17)10-9-11(2)3/h11-12,15H,6-10H2,1-5H3,(H,16,17). The summed E-state index contributed by atoms with van der Waals surface area (Å²) in [4.78, 5) is 11.4. The van der Waals surface area contributed by atoms with Crippen molar-refractivity contribution < 1.29 is 9.90 Å². The Labute approximate surface area is 106 Å². The molecule has 0 aromatic rings. The summed E-state index contributed by atoms with van der Waals surface area (Å²) in [6.45, 7) is 10.3. The van der Waals surface area contributed by atoms with Crippen LogP contribution in [-0.4, -0.2) is 22.7 Å². The monoisotopic (exact) mass is 243 g/mol. The molecular formula is C14H29NO2. The summed E-state index contributed by atoms with van der Waals surface area (Å²) in [7, 11) is 0. The van der Waals surface area contributed by atoms with Gasteiger partial charge < -0.3 is 5.11 Å². The quantitative estimate of drug-likeness (QED) is 0.652. The highest BCUT2D eigenvalue weighted by atomic mass is 16.4. The molecule has 0 fully saturated rings. The Bertz CT molecular complexity index is 228. The highest BCUT2D eigenvalue weighted by molar-refractivity contribution is 5.78. The van der Waals surface area contributed by atoms with Crippen LogP contribution in [0.15, 0.2) is 0 Å². The molecule has 0 heterocycles. The number of carboxylic acids is 1. The van der Waals surface area contributed by atoms with Gasteiger partial charge in [-0.25, -0.2) is 0 Å². The van der Waals surface area contributed by atoms with E-state index in [0.717, 1.165) is 25.7 Å². The van der Waals surface area contributed by atoms with Gasteiger partial charge >= 0.3 is 5.97 Å². The van der Waals surface area contributed by atoms with Gasteiger partial charge in [0.1, 0.15) is 5.54 Å². The number of unbranched alkanes of at least 4 members (excludes halogenated alkanes) is 1. The van der Waals surface area contributed by atoms with E-state index in [4.69, 9.17) is 0 Å². The SMILES string of the molecule is CCCCC(C)NC(C)(CCC(C)C)C(=O)O. The Morgan fingerprint density at radius 1 is 1.29 bits per heavy atom. The van der Waals surface area contributed by atoms with E-state index in [1.165, 1.54) is 0 Å². The maximum absolute atomic E-state index is 11.4. The Morgan fingerprint density at radius 3 is 2.29 bits per heavy atom. The number of nitrogens with one attached hydrogen (secondary N) is 1. The first-order valence-corrected chi connectivity index (χ1v) is 6.83. The van der Waals surface area contributed by atoms with Crippen molar-refractivity contribution in [2.45, 2.75) is 78.3 Å². The minimum atomic E-state index is -0.780. The van der Waals surface area contributed by atoms with Crippen LogP contribution in [0.1, 0.15) is 66.7 Å². The van der Waals surface area contributed by atoms with Crippen LogP contribution in [0.25, 0.3) is 0 Å². The fourth-order valence-corrected chi connectivity index (χ4v) is 1.94. The van der Waals surface area contributed by atoms with Crippen LogP contribution < -0.4 is 5.32 Å². The van der Waals surface area contributed by atoms with Gasteiger partial charge in [0.15, 0.2) is 0 Å². The normalized spacial score (nSPS) is 16.8. The molecule has 0 saturated carbocycles. The predicted molar refractivity (Wildman–Crippen MR) is 72.2 cm³/mol. The second-order valence-electron chi connectivity index (χ2n) is 5.76. The van der Waals surface area contributed by atoms with Crippen molar-refractivity contribution >= 4 is 5.97 Å². The van der Waals surface area contributed by atoms with E-state index in [2.05, 4.69) is 33.0 Å². The number of hydrogen-bond acceptors (Lipinski definition) is 2. The van der Waals surface area contributed by atoms with Gasteiger partial charge in [0, 0.05) is 6.04 Å². The van der Waals surface area contributed by atoms with Crippen LogP contribution in [0, 0.1) is 5.92 Å². The molecule has 3 heteroatoms. The summed E-state index contributed by atoms with van der Waals surface area (Å²) in [6, 6.07) is 0.267. The molecule has 0 amide bonds. The van der Waals surface area contributed by atoms with Crippen LogP contribution in [-0.2, 0) is 4.79 Å². The van der Waals surface area contributed by atoms with Crippen molar-refractivity contribution in [1.29, 1.82) is 0 Å². The molecule has 0 aliphatic rings. The van der Waals surface area contributed by atoms with Gasteiger partial charge in [-0.05, 0) is 39.0 Å². The average molecular weight is 243 g/mol. The Hall–Kier alpha value is -0.570. The van der Waals surface area contributed by atoms with E-state index in [0.29, 0.717) is 12.3 Å². The zero-order valence-corrected chi connectivity index (χ0v) is 12.0. The molecule has 0 spiro atoms. The third-order valence-corrected chi connectivity index (χ3v) is 3.25. The van der Waals surface area contributed by atoms with Crippen LogP contribution in [0.2, 0.25) is 0 Å². The second kappa shape index (κ2) is 7.70. The fraction of sp³-hybridized carbons (Fsp3) is 0.929. The molecule has 0 aromatic carbocycles. The smallest absolute Gasteiger partial charge is 0.323 e. The first-order valence-electron chi connectivity index (χ1n) is 6.83. The molecule has 0 aliphatic carbocycles. The Balaban J connectivity index is 4.34. The number of carbonyl (C=O) groups is 1. The predicted octanol–water partition coefficient (Wildman–Crippen LogP) is 3.43. The maximum Gasteiger partial charge on any atom is 0.323 e. The summed E-state index contributed by atoms with van der Waals surface area (Å²) in [5, 5.41) is 12.6. The second-order valence-corrected chi connectivity index (χ2v) is 5.76. The third kappa shape index (κ3) is 6.67. The van der Waals surface area contributed by atoms with Crippen LogP contribution in [0.3, 0.4) is 0 Å². The van der Waals surface area contributed by atoms with E-state index in [9.17, 15) is 9.90 Å². The largest absolute Gasteiger partial charge is 0.480 e. The van der Waals surface area contributed by atoms with Gasteiger partial charge in [0.05, 0.1) is 0 Å². The van der Waals surface area contributed by atoms with Gasteiger partial charge in [0.25, 0.3) is 0 Å². The van der Waals surface area contributed by atoms with Crippen LogP contribution in [0.5, 0.6) is 0 Å². The molecule has 2 atom stereocenters. The van der Waals surface area contributed by atoms with Crippen LogP contribution >= 0.6 is 0 Å². The van der Waals surface area contributed by atoms with E-state index in [1.807, 2.05) is 0 Å². The maximum atomic E-state index is 11.4. The first-order chi connectivity index (χ1) is 7.81. The van der Waals surface area contributed by atoms with Crippen molar-refractivity contribution in [2.24, 2.45) is 5.92 Å². The lowest BCUT2D eigenvalue weighted by atomic mass is 9.90. The van der Waals surface area contributed by atoms with E-state index >= 15 is 0 Å². The van der Waals surface area contributed by atoms with Crippen molar-refractivity contribution in [3.05, 3.63) is 0 Å². The molecule has 17 heavy (non-hydrogen) atoms. The van der Waals surface area contributed by atoms with Gasteiger partial charge in [0.2, 0.25) is 0 Å². The third-order valence-electron chi connectivity index (χ3n) is 3.25. The molecule has 0 bridgehead atoms. The number of hydrogen-bond donors (Lipinski definition) is 2. The zero-order valence-electron chi connectivity index (χ0n) is 12.0. The molecule has 2 unspecified atom stereocenters. The summed E-state index contributed by atoms with van der Waals surface area (Å²) in [5.74, 6) is -0.192. The lowest BCUT2D eigenvalue weighted by Gasteiger charge is -2.30. The average Bonchev–Trinajstić information content (AvgIpc) is 2.23. The fourth-order valence-electron chi connectivity index (χ4n) is 1.94. The molecule has 0 radical (unpaired) electrons. The molecule has 0 aliphatic heterocycles. The Kier molecular flexibility index (Phi) is 7.44. The summed E-state index contributed by atoms with van der Waals surface area (Å²) < 4.78 is 0. The summed E-state index contributed by atoms with van der Waals surface area (Å²) >= 11 is 0. The van der Waals surface area contributed by atoms with Crippen molar-refractivity contribution in [2.75, 3.05) is 0 Å². The molecule has 0 rings (SSSR count). The van der Waals surface area contributed by atoms with E-state index in [-0.39, 0.29) is 6.04 Å². The van der Waals surface area contributed by atoms with Gasteiger partial charge in [-0.2, -0.15) is 0 Å². The van der Waals surface area contributed by atoms with E-state index < -0.39 is 11.5 Å². The number of carboxylic acid groups (broad SMARTS) is 1. The Morgan fingerprint density at radius 2 is 1.88 bits per heavy atom. The van der Waals surface area contributed by atoms with Crippen LogP contribution in [0.4, 0.5) is 0 Å². The molecule has 0 aromatic heterocycles. The molecule has 102 valence electrons. The highest BCUT2D eigenvalue weighted by Crippen LogP contribution is 2.18. The minimum absolute atomic E-state index is 0.267. The van der Waals surface area contributed by atoms with Crippen molar-refractivity contribution in [1.82, 2.24) is 5.32 Å². The molecule has 0 saturated heterocycles. The highest BCUT2D eigenvalue weighted by Gasteiger charge is 2.33.